The molecule has 1 atom stereocenters. The van der Waals surface area contributed by atoms with E-state index >= 15 is 0 Å². The highest BCUT2D eigenvalue weighted by atomic mass is 16.6. The van der Waals surface area contributed by atoms with Crippen LogP contribution in [0, 0.1) is 10.1 Å². The minimum absolute atomic E-state index is 0.0900. The smallest absolute Gasteiger partial charge is 0.292 e. The third-order valence-electron chi connectivity index (χ3n) is 2.29. The number of hydrogen-bond donors (Lipinski definition) is 4. The largest absolute Gasteiger partial charge is 0.393 e. The third-order valence-corrected chi connectivity index (χ3v) is 2.29. The quantitative estimate of drug-likeness (QED) is 0.245. The molecule has 0 spiro atoms. The monoisotopic (exact) mass is 254 g/mol. The Balaban J connectivity index is 2.39. The third kappa shape index (κ3) is 4.56. The highest BCUT2D eigenvalue weighted by Gasteiger charge is 2.10. The zero-order valence-corrected chi connectivity index (χ0v) is 10.2. The molecule has 7 nitrogen and oxygen atoms in total. The van der Waals surface area contributed by atoms with Gasteiger partial charge in [-0.15, -0.1) is 0 Å². The van der Waals surface area contributed by atoms with Crippen LogP contribution in [0.2, 0.25) is 0 Å². The Hall–Kier alpha value is -1.86. The molecule has 0 saturated carbocycles. The van der Waals surface area contributed by atoms with Crippen molar-refractivity contribution in [1.82, 2.24) is 5.32 Å². The number of rotatable bonds is 7. The van der Waals surface area contributed by atoms with Crippen molar-refractivity contribution >= 4 is 17.1 Å². The van der Waals surface area contributed by atoms with Crippen LogP contribution in [0.5, 0.6) is 0 Å². The minimum atomic E-state index is -0.511. The summed E-state index contributed by atoms with van der Waals surface area (Å²) >= 11 is 0. The van der Waals surface area contributed by atoms with Crippen LogP contribution in [0.3, 0.4) is 0 Å². The molecule has 1 rings (SSSR count). The topological polar surface area (TPSA) is 113 Å². The number of benzene rings is 1. The lowest BCUT2D eigenvalue weighted by Crippen LogP contribution is -2.28. The van der Waals surface area contributed by atoms with Gasteiger partial charge in [0, 0.05) is 31.4 Å². The summed E-state index contributed by atoms with van der Waals surface area (Å²) in [6.45, 7) is 3.56. The molecule has 5 N–H and O–H groups in total. The van der Waals surface area contributed by atoms with Crippen LogP contribution in [-0.4, -0.2) is 35.8 Å². The Bertz CT molecular complexity index is 409. The summed E-state index contributed by atoms with van der Waals surface area (Å²) < 4.78 is 0. The van der Waals surface area contributed by atoms with Gasteiger partial charge in [-0.25, -0.2) is 0 Å². The van der Waals surface area contributed by atoms with Gasteiger partial charge in [-0.2, -0.15) is 0 Å². The number of aliphatic hydroxyl groups is 1. The van der Waals surface area contributed by atoms with E-state index in [2.05, 4.69) is 10.6 Å². The molecular formula is C11H18N4O3. The highest BCUT2D eigenvalue weighted by molar-refractivity contribution is 5.65. The molecule has 1 aromatic carbocycles. The van der Waals surface area contributed by atoms with E-state index in [1.54, 1.807) is 13.0 Å². The standard InChI is InChI=1S/C11H18N4O3/c1-8(16)7-13-4-5-14-9-2-3-11(15(17)18)10(12)6-9/h2-3,6,8,13-14,16H,4-5,7,12H2,1H3. The molecule has 0 heterocycles. The van der Waals surface area contributed by atoms with E-state index in [0.717, 1.165) is 5.69 Å². The summed E-state index contributed by atoms with van der Waals surface area (Å²) in [6, 6.07) is 4.52. The number of nitrogens with one attached hydrogen (secondary N) is 2. The van der Waals surface area contributed by atoms with Crippen LogP contribution in [0.4, 0.5) is 17.1 Å². The van der Waals surface area contributed by atoms with E-state index in [9.17, 15) is 10.1 Å². The van der Waals surface area contributed by atoms with Crippen molar-refractivity contribution in [1.29, 1.82) is 0 Å². The predicted octanol–water partition coefficient (Wildman–Crippen LogP) is 0.559. The maximum Gasteiger partial charge on any atom is 0.292 e. The van der Waals surface area contributed by atoms with Gasteiger partial charge in [-0.1, -0.05) is 0 Å². The first kappa shape index (κ1) is 14.2. The first-order valence-electron chi connectivity index (χ1n) is 5.67. The number of nitro benzene ring substituents is 1. The molecule has 1 aromatic rings. The van der Waals surface area contributed by atoms with Gasteiger partial charge in [0.25, 0.3) is 5.69 Å². The first-order valence-corrected chi connectivity index (χ1v) is 5.67. The summed E-state index contributed by atoms with van der Waals surface area (Å²) in [5.74, 6) is 0. The molecule has 1 unspecified atom stereocenters. The van der Waals surface area contributed by atoms with E-state index in [4.69, 9.17) is 10.8 Å². The van der Waals surface area contributed by atoms with Crippen LogP contribution in [0.1, 0.15) is 6.92 Å². The zero-order chi connectivity index (χ0) is 13.5. The molecule has 18 heavy (non-hydrogen) atoms. The maximum absolute atomic E-state index is 10.6. The Morgan fingerprint density at radius 2 is 2.22 bits per heavy atom. The van der Waals surface area contributed by atoms with Crippen molar-refractivity contribution in [3.63, 3.8) is 0 Å². The molecule has 0 aliphatic heterocycles. The van der Waals surface area contributed by atoms with Crippen molar-refractivity contribution in [2.75, 3.05) is 30.7 Å². The van der Waals surface area contributed by atoms with Crippen LogP contribution in [0.15, 0.2) is 18.2 Å². The zero-order valence-electron chi connectivity index (χ0n) is 10.2. The van der Waals surface area contributed by atoms with Gasteiger partial charge in [0.05, 0.1) is 11.0 Å². The normalized spacial score (nSPS) is 12.1. The Labute approximate surface area is 105 Å². The average molecular weight is 254 g/mol. The van der Waals surface area contributed by atoms with E-state index in [0.29, 0.717) is 19.6 Å². The van der Waals surface area contributed by atoms with Crippen LogP contribution < -0.4 is 16.4 Å². The molecule has 100 valence electrons. The van der Waals surface area contributed by atoms with E-state index in [-0.39, 0.29) is 17.5 Å². The SMILES string of the molecule is CC(O)CNCCNc1ccc([N+](=O)[O-])c(N)c1. The summed E-state index contributed by atoms with van der Waals surface area (Å²) in [5, 5.41) is 25.7. The van der Waals surface area contributed by atoms with Crippen LogP contribution in [0.25, 0.3) is 0 Å². The van der Waals surface area contributed by atoms with Crippen molar-refractivity contribution in [2.24, 2.45) is 0 Å². The number of nitro groups is 1. The molecule has 0 bridgehead atoms. The average Bonchev–Trinajstić information content (AvgIpc) is 2.27. The molecule has 0 aromatic heterocycles. The molecule has 0 aliphatic carbocycles. The number of hydrogen-bond acceptors (Lipinski definition) is 6. The molecule has 0 amide bonds. The number of nitrogen functional groups attached to an aromatic ring is 1. The predicted molar refractivity (Wildman–Crippen MR) is 70.5 cm³/mol. The molecule has 0 fully saturated rings. The molecule has 0 saturated heterocycles. The maximum atomic E-state index is 10.6. The molecular weight excluding hydrogens is 236 g/mol. The van der Waals surface area contributed by atoms with Gasteiger partial charge in [0.15, 0.2) is 0 Å². The number of nitrogens with zero attached hydrogens (tertiary/aromatic N) is 1. The van der Waals surface area contributed by atoms with Crippen molar-refractivity contribution in [3.8, 4) is 0 Å². The Morgan fingerprint density at radius 3 is 2.78 bits per heavy atom. The van der Waals surface area contributed by atoms with Gasteiger partial charge in [-0.05, 0) is 19.1 Å². The first-order chi connectivity index (χ1) is 8.50. The molecule has 0 aliphatic rings. The van der Waals surface area contributed by atoms with Gasteiger partial charge in [0.1, 0.15) is 5.69 Å². The van der Waals surface area contributed by atoms with Crippen LogP contribution in [-0.2, 0) is 0 Å². The van der Waals surface area contributed by atoms with Gasteiger partial charge in [0.2, 0.25) is 0 Å². The fraction of sp³-hybridized carbons (Fsp3) is 0.455. The second-order valence-corrected chi connectivity index (χ2v) is 4.01. The fourth-order valence-corrected chi connectivity index (χ4v) is 1.44. The summed E-state index contributed by atoms with van der Waals surface area (Å²) in [4.78, 5) is 10.1. The minimum Gasteiger partial charge on any atom is -0.393 e. The number of nitrogens with two attached hydrogens (primary N) is 1. The Kier molecular flexibility index (Phi) is 5.34. The highest BCUT2D eigenvalue weighted by Crippen LogP contribution is 2.24. The fourth-order valence-electron chi connectivity index (χ4n) is 1.44. The van der Waals surface area contributed by atoms with Crippen molar-refractivity contribution < 1.29 is 10.0 Å². The summed E-state index contributed by atoms with van der Waals surface area (Å²) in [6.07, 6.45) is -0.375. The van der Waals surface area contributed by atoms with E-state index in [1.807, 2.05) is 0 Å². The Morgan fingerprint density at radius 1 is 1.50 bits per heavy atom. The van der Waals surface area contributed by atoms with Crippen LogP contribution >= 0.6 is 0 Å². The van der Waals surface area contributed by atoms with Gasteiger partial charge >= 0.3 is 0 Å². The lowest BCUT2D eigenvalue weighted by Gasteiger charge is -2.09. The molecule has 0 radical (unpaired) electrons. The van der Waals surface area contributed by atoms with Crippen molar-refractivity contribution in [3.05, 3.63) is 28.3 Å². The second kappa shape index (κ2) is 6.77. The summed E-state index contributed by atoms with van der Waals surface area (Å²) in [7, 11) is 0. The number of anilines is 2. The second-order valence-electron chi connectivity index (χ2n) is 4.01. The lowest BCUT2D eigenvalue weighted by molar-refractivity contribution is -0.383. The van der Waals surface area contributed by atoms with E-state index < -0.39 is 4.92 Å². The van der Waals surface area contributed by atoms with Crippen molar-refractivity contribution in [2.45, 2.75) is 13.0 Å². The van der Waals surface area contributed by atoms with Gasteiger partial charge < -0.3 is 21.5 Å². The summed E-state index contributed by atoms with van der Waals surface area (Å²) in [5.41, 5.74) is 6.35. The molecule has 7 heteroatoms. The lowest BCUT2D eigenvalue weighted by atomic mass is 10.2. The van der Waals surface area contributed by atoms with E-state index in [1.165, 1.54) is 12.1 Å². The number of aliphatic hydroxyl groups excluding tert-OH is 1. The van der Waals surface area contributed by atoms with Gasteiger partial charge in [-0.3, -0.25) is 10.1 Å².